The van der Waals surface area contributed by atoms with Gasteiger partial charge in [0.05, 0.1) is 18.6 Å². The summed E-state index contributed by atoms with van der Waals surface area (Å²) in [6, 6.07) is 5.38. The van der Waals surface area contributed by atoms with Crippen LogP contribution >= 0.6 is 0 Å². The Labute approximate surface area is 108 Å². The van der Waals surface area contributed by atoms with Crippen molar-refractivity contribution in [3.63, 3.8) is 0 Å². The highest BCUT2D eigenvalue weighted by Crippen LogP contribution is 2.08. The van der Waals surface area contributed by atoms with Crippen molar-refractivity contribution in [3.8, 4) is 0 Å². The van der Waals surface area contributed by atoms with Gasteiger partial charge in [0.2, 0.25) is 0 Å². The van der Waals surface area contributed by atoms with E-state index in [4.69, 9.17) is 5.11 Å². The van der Waals surface area contributed by atoms with Gasteiger partial charge in [-0.25, -0.2) is 9.78 Å². The molecule has 0 radical (unpaired) electrons. The number of amides is 1. The zero-order valence-electron chi connectivity index (χ0n) is 10.2. The molecule has 2 heterocycles. The van der Waals surface area contributed by atoms with Crippen LogP contribution in [0.1, 0.15) is 26.7 Å². The van der Waals surface area contributed by atoms with Crippen LogP contribution in [0.3, 0.4) is 0 Å². The molecular weight excluding hydrogens is 248 g/mol. The molecule has 2 aromatic rings. The number of carboxylic acid groups (broad SMARTS) is 1. The number of hydrogen-bond donors (Lipinski definition) is 2. The van der Waals surface area contributed by atoms with E-state index < -0.39 is 11.9 Å². The summed E-state index contributed by atoms with van der Waals surface area (Å²) in [5, 5.41) is 8.92. The second-order valence-electron chi connectivity index (χ2n) is 3.91. The van der Waals surface area contributed by atoms with E-state index in [1.165, 1.54) is 11.2 Å². The number of H-pyrrole nitrogens is 1. The maximum atomic E-state index is 12.1. The molecule has 98 valence electrons. The maximum absolute atomic E-state index is 12.1. The van der Waals surface area contributed by atoms with Crippen LogP contribution in [0.25, 0.3) is 0 Å². The highest BCUT2D eigenvalue weighted by molar-refractivity contribution is 6.02. The van der Waals surface area contributed by atoms with Gasteiger partial charge in [-0.3, -0.25) is 9.78 Å². The topological polar surface area (TPSA) is 99.2 Å². The van der Waals surface area contributed by atoms with Gasteiger partial charge in [-0.05, 0) is 12.1 Å². The molecule has 0 aliphatic carbocycles. The maximum Gasteiger partial charge on any atom is 0.354 e. The first-order valence-electron chi connectivity index (χ1n) is 5.51. The number of nitrogens with one attached hydrogen (secondary N) is 1. The van der Waals surface area contributed by atoms with Gasteiger partial charge in [0.15, 0.2) is 11.4 Å². The molecular formula is C12H12N4O3. The lowest BCUT2D eigenvalue weighted by Crippen LogP contribution is -2.28. The van der Waals surface area contributed by atoms with E-state index in [1.54, 1.807) is 25.4 Å². The van der Waals surface area contributed by atoms with Crippen LogP contribution in [-0.2, 0) is 6.54 Å². The van der Waals surface area contributed by atoms with E-state index >= 15 is 0 Å². The number of imidazole rings is 1. The zero-order valence-corrected chi connectivity index (χ0v) is 10.2. The van der Waals surface area contributed by atoms with Gasteiger partial charge in [0.1, 0.15) is 0 Å². The van der Waals surface area contributed by atoms with Gasteiger partial charge in [-0.2, -0.15) is 0 Å². The number of carbonyl (C=O) groups excluding carboxylic acids is 1. The fourth-order valence-corrected chi connectivity index (χ4v) is 1.61. The molecule has 0 aromatic carbocycles. The molecule has 2 N–H and O–H groups in total. The van der Waals surface area contributed by atoms with Crippen LogP contribution in [0.4, 0.5) is 0 Å². The minimum atomic E-state index is -1.22. The average molecular weight is 260 g/mol. The van der Waals surface area contributed by atoms with Crippen LogP contribution in [0.15, 0.2) is 30.7 Å². The summed E-state index contributed by atoms with van der Waals surface area (Å²) >= 11 is 0. The fourth-order valence-electron chi connectivity index (χ4n) is 1.61. The number of hydrogen-bond acceptors (Lipinski definition) is 4. The van der Waals surface area contributed by atoms with Crippen LogP contribution in [-0.4, -0.2) is 43.9 Å². The Bertz CT molecular complexity index is 594. The van der Waals surface area contributed by atoms with Crippen LogP contribution < -0.4 is 0 Å². The number of rotatable bonds is 4. The van der Waals surface area contributed by atoms with Gasteiger partial charge in [-0.15, -0.1) is 0 Å². The average Bonchev–Trinajstić information content (AvgIpc) is 2.88. The van der Waals surface area contributed by atoms with E-state index in [9.17, 15) is 9.59 Å². The summed E-state index contributed by atoms with van der Waals surface area (Å²) in [5.74, 6) is -1.68. The third-order valence-electron chi connectivity index (χ3n) is 2.53. The van der Waals surface area contributed by atoms with Crippen molar-refractivity contribution in [2.24, 2.45) is 0 Å². The summed E-state index contributed by atoms with van der Waals surface area (Å²) in [7, 11) is 1.57. The SMILES string of the molecule is CN(Cc1ccccn1)C(=O)c1nc[nH]c1C(=O)O. The highest BCUT2D eigenvalue weighted by Gasteiger charge is 2.22. The molecule has 0 atom stereocenters. The summed E-state index contributed by atoms with van der Waals surface area (Å²) in [5.41, 5.74) is 0.398. The quantitative estimate of drug-likeness (QED) is 0.846. The highest BCUT2D eigenvalue weighted by atomic mass is 16.4. The van der Waals surface area contributed by atoms with Gasteiger partial charge in [0, 0.05) is 13.2 Å². The molecule has 1 amide bonds. The van der Waals surface area contributed by atoms with Crippen molar-refractivity contribution in [1.82, 2.24) is 19.9 Å². The van der Waals surface area contributed by atoms with Gasteiger partial charge in [-0.1, -0.05) is 6.07 Å². The molecule has 7 nitrogen and oxygen atoms in total. The molecule has 0 spiro atoms. The molecule has 0 saturated heterocycles. The Morgan fingerprint density at radius 3 is 2.79 bits per heavy atom. The molecule has 2 aromatic heterocycles. The summed E-state index contributed by atoms with van der Waals surface area (Å²) in [4.78, 5) is 34.7. The largest absolute Gasteiger partial charge is 0.477 e. The third kappa shape index (κ3) is 2.76. The van der Waals surface area contributed by atoms with Crippen molar-refractivity contribution in [2.75, 3.05) is 7.05 Å². The van der Waals surface area contributed by atoms with Crippen molar-refractivity contribution in [2.45, 2.75) is 6.54 Å². The van der Waals surface area contributed by atoms with Crippen molar-refractivity contribution in [1.29, 1.82) is 0 Å². The Morgan fingerprint density at radius 1 is 1.37 bits per heavy atom. The second-order valence-corrected chi connectivity index (χ2v) is 3.91. The fraction of sp³-hybridized carbons (Fsp3) is 0.167. The number of carboxylic acids is 1. The first-order valence-corrected chi connectivity index (χ1v) is 5.51. The number of carbonyl (C=O) groups is 2. The molecule has 0 unspecified atom stereocenters. The van der Waals surface area contributed by atoms with Crippen molar-refractivity contribution in [3.05, 3.63) is 47.8 Å². The number of nitrogens with zero attached hydrogens (tertiary/aromatic N) is 3. The van der Waals surface area contributed by atoms with E-state index in [0.29, 0.717) is 5.69 Å². The molecule has 0 saturated carbocycles. The van der Waals surface area contributed by atoms with Gasteiger partial charge >= 0.3 is 5.97 Å². The molecule has 7 heteroatoms. The molecule has 0 fully saturated rings. The van der Waals surface area contributed by atoms with E-state index in [2.05, 4.69) is 15.0 Å². The minimum Gasteiger partial charge on any atom is -0.477 e. The zero-order chi connectivity index (χ0) is 13.8. The predicted octanol–water partition coefficient (Wildman–Crippen LogP) is 0.775. The van der Waals surface area contributed by atoms with Crippen LogP contribution in [0.5, 0.6) is 0 Å². The van der Waals surface area contributed by atoms with Crippen LogP contribution in [0.2, 0.25) is 0 Å². The van der Waals surface area contributed by atoms with Crippen LogP contribution in [0, 0.1) is 0 Å². The Morgan fingerprint density at radius 2 is 2.16 bits per heavy atom. The number of pyridine rings is 1. The summed E-state index contributed by atoms with van der Waals surface area (Å²) in [6.07, 6.45) is 2.82. The molecule has 19 heavy (non-hydrogen) atoms. The monoisotopic (exact) mass is 260 g/mol. The lowest BCUT2D eigenvalue weighted by molar-refractivity contribution is 0.0674. The van der Waals surface area contributed by atoms with E-state index in [0.717, 1.165) is 0 Å². The van der Waals surface area contributed by atoms with E-state index in [1.807, 2.05) is 6.07 Å². The number of aromatic carboxylic acids is 1. The first kappa shape index (κ1) is 12.7. The molecule has 0 aliphatic rings. The normalized spacial score (nSPS) is 10.2. The van der Waals surface area contributed by atoms with Crippen molar-refractivity contribution >= 4 is 11.9 Å². The van der Waals surface area contributed by atoms with Gasteiger partial charge in [0.25, 0.3) is 5.91 Å². The lowest BCUT2D eigenvalue weighted by Gasteiger charge is -2.15. The Kier molecular flexibility index (Phi) is 3.56. The summed E-state index contributed by atoms with van der Waals surface area (Å²) < 4.78 is 0. The smallest absolute Gasteiger partial charge is 0.354 e. The predicted molar refractivity (Wildman–Crippen MR) is 65.6 cm³/mol. The number of aromatic nitrogens is 3. The lowest BCUT2D eigenvalue weighted by atomic mass is 10.2. The third-order valence-corrected chi connectivity index (χ3v) is 2.53. The molecule has 0 aliphatic heterocycles. The Hall–Kier alpha value is -2.70. The number of aromatic amines is 1. The molecule has 2 rings (SSSR count). The molecule has 0 bridgehead atoms. The van der Waals surface area contributed by atoms with Gasteiger partial charge < -0.3 is 15.0 Å². The first-order chi connectivity index (χ1) is 9.09. The van der Waals surface area contributed by atoms with E-state index in [-0.39, 0.29) is 17.9 Å². The summed E-state index contributed by atoms with van der Waals surface area (Å²) in [6.45, 7) is 0.283. The Balaban J connectivity index is 2.15. The van der Waals surface area contributed by atoms with Crippen molar-refractivity contribution < 1.29 is 14.7 Å². The second kappa shape index (κ2) is 5.30. The standard InChI is InChI=1S/C12H12N4O3/c1-16(6-8-4-2-3-5-13-8)11(17)9-10(12(18)19)15-7-14-9/h2-5,7H,6H2,1H3,(H,14,15)(H,18,19). The minimum absolute atomic E-state index is 0.106.